The van der Waals surface area contributed by atoms with Crippen LogP contribution < -0.4 is 0 Å². The summed E-state index contributed by atoms with van der Waals surface area (Å²) in [5.74, 6) is 1.56. The van der Waals surface area contributed by atoms with Crippen LogP contribution in [0.25, 0.3) is 17.2 Å². The van der Waals surface area contributed by atoms with E-state index in [0.29, 0.717) is 5.78 Å². The van der Waals surface area contributed by atoms with Crippen LogP contribution in [0.5, 0.6) is 0 Å². The predicted octanol–water partition coefficient (Wildman–Crippen LogP) is 2.03. The van der Waals surface area contributed by atoms with Gasteiger partial charge in [0.1, 0.15) is 0 Å². The van der Waals surface area contributed by atoms with Crippen LogP contribution in [0.3, 0.4) is 0 Å². The Morgan fingerprint density at radius 3 is 2.67 bits per heavy atom. The van der Waals surface area contributed by atoms with Crippen molar-refractivity contribution in [2.75, 3.05) is 0 Å². The fraction of sp³-hybridized carbons (Fsp3) is 0.0909. The average molecular weight is 198 g/mol. The van der Waals surface area contributed by atoms with Gasteiger partial charge in [-0.3, -0.25) is 5.10 Å². The monoisotopic (exact) mass is 198 g/mol. The van der Waals surface area contributed by atoms with E-state index in [-0.39, 0.29) is 0 Å². The zero-order chi connectivity index (χ0) is 10.3. The standard InChI is InChI=1S/C11H10N4/c1-8-7-15-11(12-8)13-10(14-15)9-5-3-2-4-6-9/h2-7H,1H3,(H,12,13,14). The summed E-state index contributed by atoms with van der Waals surface area (Å²) in [6, 6.07) is 10.0. The molecule has 0 unspecified atom stereocenters. The quantitative estimate of drug-likeness (QED) is 0.650. The minimum Gasteiger partial charge on any atom is -0.274 e. The summed E-state index contributed by atoms with van der Waals surface area (Å²) in [5.41, 5.74) is 2.04. The van der Waals surface area contributed by atoms with Gasteiger partial charge in [-0.2, -0.15) is 4.98 Å². The molecule has 2 aromatic heterocycles. The molecule has 0 amide bonds. The molecule has 1 aromatic carbocycles. The normalized spacial score (nSPS) is 11.0. The topological polar surface area (TPSA) is 46.0 Å². The number of imidazole rings is 1. The van der Waals surface area contributed by atoms with E-state index in [1.165, 1.54) is 0 Å². The summed E-state index contributed by atoms with van der Waals surface area (Å²) in [7, 11) is 0. The molecule has 0 aliphatic carbocycles. The molecule has 0 fully saturated rings. The zero-order valence-electron chi connectivity index (χ0n) is 8.31. The molecule has 4 nitrogen and oxygen atoms in total. The minimum absolute atomic E-state index is 0.714. The lowest BCUT2D eigenvalue weighted by molar-refractivity contribution is 0.975. The van der Waals surface area contributed by atoms with Crippen molar-refractivity contribution in [1.82, 2.24) is 19.6 Å². The van der Waals surface area contributed by atoms with E-state index in [1.807, 2.05) is 48.0 Å². The number of hydrogen-bond acceptors (Lipinski definition) is 2. The summed E-state index contributed by atoms with van der Waals surface area (Å²) in [5, 5.41) is 3.18. The first-order valence-corrected chi connectivity index (χ1v) is 4.80. The fourth-order valence-corrected chi connectivity index (χ4v) is 1.61. The smallest absolute Gasteiger partial charge is 0.251 e. The molecular weight excluding hydrogens is 188 g/mol. The van der Waals surface area contributed by atoms with Gasteiger partial charge in [0.25, 0.3) is 5.78 Å². The van der Waals surface area contributed by atoms with E-state index in [0.717, 1.165) is 17.1 Å². The Kier molecular flexibility index (Phi) is 1.62. The average Bonchev–Trinajstić information content (AvgIpc) is 2.76. The first-order chi connectivity index (χ1) is 7.33. The number of nitrogens with one attached hydrogen (secondary N) is 1. The second-order valence-corrected chi connectivity index (χ2v) is 3.49. The van der Waals surface area contributed by atoms with Gasteiger partial charge >= 0.3 is 0 Å². The number of H-pyrrole nitrogens is 1. The molecule has 0 spiro atoms. The molecular formula is C11H10N4. The molecule has 2 heterocycles. The lowest BCUT2D eigenvalue weighted by Gasteiger charge is -1.93. The lowest BCUT2D eigenvalue weighted by Crippen LogP contribution is -1.82. The summed E-state index contributed by atoms with van der Waals surface area (Å²) >= 11 is 0. The van der Waals surface area contributed by atoms with Gasteiger partial charge in [-0.15, -0.1) is 0 Å². The molecule has 1 N–H and O–H groups in total. The molecule has 0 atom stereocenters. The van der Waals surface area contributed by atoms with E-state index in [4.69, 9.17) is 0 Å². The van der Waals surface area contributed by atoms with Gasteiger partial charge in [-0.1, -0.05) is 30.3 Å². The van der Waals surface area contributed by atoms with Gasteiger partial charge < -0.3 is 0 Å². The Balaban J connectivity index is 2.16. The number of aromatic nitrogens is 4. The zero-order valence-corrected chi connectivity index (χ0v) is 8.31. The van der Waals surface area contributed by atoms with Crippen molar-refractivity contribution in [3.8, 4) is 11.4 Å². The summed E-state index contributed by atoms with van der Waals surface area (Å²) < 4.78 is 1.83. The lowest BCUT2D eigenvalue weighted by atomic mass is 10.2. The number of rotatable bonds is 1. The van der Waals surface area contributed by atoms with Crippen molar-refractivity contribution in [2.24, 2.45) is 0 Å². The molecule has 4 heteroatoms. The van der Waals surface area contributed by atoms with Crippen LogP contribution in [0.1, 0.15) is 5.69 Å². The SMILES string of the molecule is Cc1cn2[nH]c(-c3ccccc3)nc2n1. The number of aryl methyl sites for hydroxylation is 1. The highest BCUT2D eigenvalue weighted by Crippen LogP contribution is 2.15. The molecule has 15 heavy (non-hydrogen) atoms. The molecule has 0 saturated heterocycles. The highest BCUT2D eigenvalue weighted by Gasteiger charge is 2.05. The van der Waals surface area contributed by atoms with E-state index in [1.54, 1.807) is 0 Å². The van der Waals surface area contributed by atoms with Gasteiger partial charge in [-0.25, -0.2) is 9.50 Å². The van der Waals surface area contributed by atoms with Crippen LogP contribution in [-0.2, 0) is 0 Å². The molecule has 0 radical (unpaired) electrons. The van der Waals surface area contributed by atoms with Crippen molar-refractivity contribution in [2.45, 2.75) is 6.92 Å². The van der Waals surface area contributed by atoms with Gasteiger partial charge in [-0.05, 0) is 6.92 Å². The van der Waals surface area contributed by atoms with E-state index >= 15 is 0 Å². The van der Waals surface area contributed by atoms with Crippen LogP contribution in [-0.4, -0.2) is 19.6 Å². The number of hydrogen-bond donors (Lipinski definition) is 1. The molecule has 0 bridgehead atoms. The van der Waals surface area contributed by atoms with Gasteiger partial charge in [0, 0.05) is 5.56 Å². The number of aromatic amines is 1. The Labute approximate surface area is 86.6 Å². The third kappa shape index (κ3) is 1.30. The van der Waals surface area contributed by atoms with Crippen LogP contribution in [0.2, 0.25) is 0 Å². The largest absolute Gasteiger partial charge is 0.274 e. The molecule has 3 aromatic rings. The first-order valence-electron chi connectivity index (χ1n) is 4.80. The second kappa shape index (κ2) is 2.95. The maximum atomic E-state index is 4.40. The highest BCUT2D eigenvalue weighted by atomic mass is 15.3. The Bertz CT molecular complexity index is 560. The summed E-state index contributed by atoms with van der Waals surface area (Å²) in [6.07, 6.45) is 1.93. The van der Waals surface area contributed by atoms with E-state index < -0.39 is 0 Å². The number of nitrogens with zero attached hydrogens (tertiary/aromatic N) is 3. The molecule has 74 valence electrons. The molecule has 0 saturated carbocycles. The Hall–Kier alpha value is -2.10. The van der Waals surface area contributed by atoms with Crippen molar-refractivity contribution in [1.29, 1.82) is 0 Å². The van der Waals surface area contributed by atoms with Crippen molar-refractivity contribution in [3.63, 3.8) is 0 Å². The Morgan fingerprint density at radius 2 is 1.93 bits per heavy atom. The van der Waals surface area contributed by atoms with Crippen LogP contribution in [0.4, 0.5) is 0 Å². The van der Waals surface area contributed by atoms with Crippen molar-refractivity contribution < 1.29 is 0 Å². The number of fused-ring (bicyclic) bond motifs is 1. The predicted molar refractivity (Wildman–Crippen MR) is 57.5 cm³/mol. The Morgan fingerprint density at radius 1 is 1.13 bits per heavy atom. The molecule has 0 aliphatic rings. The van der Waals surface area contributed by atoms with Crippen LogP contribution in [0.15, 0.2) is 36.5 Å². The number of benzene rings is 1. The highest BCUT2D eigenvalue weighted by molar-refractivity contribution is 5.56. The first kappa shape index (κ1) is 8.23. The van der Waals surface area contributed by atoms with E-state index in [9.17, 15) is 0 Å². The van der Waals surface area contributed by atoms with Crippen molar-refractivity contribution in [3.05, 3.63) is 42.2 Å². The van der Waals surface area contributed by atoms with Crippen molar-refractivity contribution >= 4 is 5.78 Å². The third-order valence-electron chi connectivity index (χ3n) is 2.29. The van der Waals surface area contributed by atoms with Gasteiger partial charge in [0.05, 0.1) is 11.9 Å². The molecule has 0 aliphatic heterocycles. The fourth-order valence-electron chi connectivity index (χ4n) is 1.61. The maximum Gasteiger partial charge on any atom is 0.251 e. The third-order valence-corrected chi connectivity index (χ3v) is 2.29. The second-order valence-electron chi connectivity index (χ2n) is 3.49. The van der Waals surface area contributed by atoms with Crippen LogP contribution >= 0.6 is 0 Å². The van der Waals surface area contributed by atoms with Crippen LogP contribution in [0, 0.1) is 6.92 Å². The van der Waals surface area contributed by atoms with Gasteiger partial charge in [0.2, 0.25) is 0 Å². The summed E-state index contributed by atoms with van der Waals surface area (Å²) in [4.78, 5) is 8.68. The molecule has 3 rings (SSSR count). The minimum atomic E-state index is 0.714. The maximum absolute atomic E-state index is 4.40. The van der Waals surface area contributed by atoms with E-state index in [2.05, 4.69) is 15.1 Å². The van der Waals surface area contributed by atoms with Gasteiger partial charge in [0.15, 0.2) is 5.82 Å². The summed E-state index contributed by atoms with van der Waals surface area (Å²) in [6.45, 7) is 1.95.